The molecule has 0 N–H and O–H groups in total. The second-order valence-corrected chi connectivity index (χ2v) is 2.04. The van der Waals surface area contributed by atoms with Crippen LogP contribution in [0.4, 0.5) is 0 Å². The molecule has 1 nitrogen and oxygen atoms in total. The maximum atomic E-state index is 10.5. The highest BCUT2D eigenvalue weighted by atomic mass is 16.3. The smallest absolute Gasteiger partial charge is 0.114 e. The van der Waals surface area contributed by atoms with Gasteiger partial charge < -0.3 is 0 Å². The van der Waals surface area contributed by atoms with Gasteiger partial charge in [-0.3, -0.25) is 0 Å². The van der Waals surface area contributed by atoms with E-state index in [0.717, 1.165) is 12.8 Å². The standard InChI is InChI=1S/C6H9O/c1-2-6(7)5-3-4-5/h2,5-6H,1,3-4H2. The summed E-state index contributed by atoms with van der Waals surface area (Å²) in [4.78, 5) is 0. The van der Waals surface area contributed by atoms with Gasteiger partial charge in [0.1, 0.15) is 6.10 Å². The van der Waals surface area contributed by atoms with E-state index >= 15 is 0 Å². The molecule has 1 aliphatic carbocycles. The second kappa shape index (κ2) is 1.66. The van der Waals surface area contributed by atoms with Crippen molar-refractivity contribution in [3.8, 4) is 0 Å². The Morgan fingerprint density at radius 3 is 2.43 bits per heavy atom. The summed E-state index contributed by atoms with van der Waals surface area (Å²) in [5.41, 5.74) is 0. The molecule has 0 aromatic heterocycles. The van der Waals surface area contributed by atoms with Gasteiger partial charge in [0.15, 0.2) is 0 Å². The van der Waals surface area contributed by atoms with E-state index in [1.165, 1.54) is 6.08 Å². The Morgan fingerprint density at radius 2 is 2.29 bits per heavy atom. The summed E-state index contributed by atoms with van der Waals surface area (Å²) in [5.74, 6) is 0.442. The van der Waals surface area contributed by atoms with Gasteiger partial charge in [0.25, 0.3) is 0 Å². The van der Waals surface area contributed by atoms with Gasteiger partial charge in [-0.05, 0) is 18.8 Å². The van der Waals surface area contributed by atoms with Crippen LogP contribution < -0.4 is 0 Å². The molecule has 1 aliphatic rings. The van der Waals surface area contributed by atoms with Gasteiger partial charge >= 0.3 is 0 Å². The van der Waals surface area contributed by atoms with Crippen molar-refractivity contribution in [2.75, 3.05) is 0 Å². The van der Waals surface area contributed by atoms with Crippen LogP contribution in [0.15, 0.2) is 12.7 Å². The minimum Gasteiger partial charge on any atom is -0.228 e. The molecule has 0 heterocycles. The lowest BCUT2D eigenvalue weighted by atomic mass is 10.2. The summed E-state index contributed by atoms with van der Waals surface area (Å²) in [6.07, 6.45) is 3.28. The maximum Gasteiger partial charge on any atom is 0.114 e. The quantitative estimate of drug-likeness (QED) is 0.464. The third-order valence-electron chi connectivity index (χ3n) is 1.32. The van der Waals surface area contributed by atoms with Gasteiger partial charge in [0, 0.05) is 0 Å². The van der Waals surface area contributed by atoms with E-state index in [9.17, 15) is 5.11 Å². The van der Waals surface area contributed by atoms with Crippen LogP contribution in [0.2, 0.25) is 0 Å². The summed E-state index contributed by atoms with van der Waals surface area (Å²) in [5, 5.41) is 10.5. The van der Waals surface area contributed by atoms with Crippen LogP contribution in [0.5, 0.6) is 0 Å². The van der Waals surface area contributed by atoms with Crippen LogP contribution in [-0.2, 0) is 5.11 Å². The van der Waals surface area contributed by atoms with Gasteiger partial charge in [-0.1, -0.05) is 6.08 Å². The zero-order valence-corrected chi connectivity index (χ0v) is 4.26. The van der Waals surface area contributed by atoms with E-state index in [-0.39, 0.29) is 0 Å². The maximum absolute atomic E-state index is 10.5. The highest BCUT2D eigenvalue weighted by molar-refractivity contribution is 4.91. The molecule has 0 aromatic rings. The molecule has 0 spiro atoms. The van der Waals surface area contributed by atoms with Gasteiger partial charge in [0.2, 0.25) is 0 Å². The Hall–Kier alpha value is -0.300. The van der Waals surface area contributed by atoms with Crippen molar-refractivity contribution in [2.24, 2.45) is 5.92 Å². The molecule has 7 heavy (non-hydrogen) atoms. The molecule has 39 valence electrons. The zero-order valence-electron chi connectivity index (χ0n) is 4.26. The molecule has 0 bridgehead atoms. The van der Waals surface area contributed by atoms with E-state index < -0.39 is 6.10 Å². The fourth-order valence-corrected chi connectivity index (χ4v) is 0.617. The first-order valence-electron chi connectivity index (χ1n) is 2.63. The second-order valence-electron chi connectivity index (χ2n) is 2.04. The molecule has 1 heteroatoms. The average molecular weight is 97.1 g/mol. The lowest BCUT2D eigenvalue weighted by molar-refractivity contribution is 0.111. The molecule has 0 aromatic carbocycles. The fraction of sp³-hybridized carbons (Fsp3) is 0.667. The van der Waals surface area contributed by atoms with E-state index in [1.54, 1.807) is 0 Å². The van der Waals surface area contributed by atoms with E-state index in [4.69, 9.17) is 0 Å². The Morgan fingerprint density at radius 1 is 1.71 bits per heavy atom. The SMILES string of the molecule is C=CC([O])C1CC1. The molecule has 0 saturated heterocycles. The third-order valence-corrected chi connectivity index (χ3v) is 1.32. The summed E-state index contributed by atoms with van der Waals surface area (Å²) in [6.45, 7) is 3.41. The molecule has 1 fully saturated rings. The fourth-order valence-electron chi connectivity index (χ4n) is 0.617. The predicted octanol–water partition coefficient (Wildman–Crippen LogP) is 1.38. The van der Waals surface area contributed by atoms with Crippen LogP contribution in [-0.4, -0.2) is 6.10 Å². The largest absolute Gasteiger partial charge is 0.228 e. The average Bonchev–Trinajstić information content (AvgIpc) is 2.44. The van der Waals surface area contributed by atoms with E-state index in [2.05, 4.69) is 6.58 Å². The molecular formula is C6H9O. The van der Waals surface area contributed by atoms with Crippen molar-refractivity contribution in [3.05, 3.63) is 12.7 Å². The molecule has 1 unspecified atom stereocenters. The van der Waals surface area contributed by atoms with Crippen molar-refractivity contribution in [2.45, 2.75) is 18.9 Å². The van der Waals surface area contributed by atoms with Crippen molar-refractivity contribution in [1.82, 2.24) is 0 Å². The Labute approximate surface area is 43.7 Å². The molecule has 1 atom stereocenters. The lowest BCUT2D eigenvalue weighted by Gasteiger charge is -1.92. The molecule has 0 aliphatic heterocycles. The molecule has 1 rings (SSSR count). The van der Waals surface area contributed by atoms with Crippen LogP contribution in [0.1, 0.15) is 12.8 Å². The number of hydrogen-bond acceptors (Lipinski definition) is 0. The van der Waals surface area contributed by atoms with Crippen molar-refractivity contribution < 1.29 is 5.11 Å². The van der Waals surface area contributed by atoms with Crippen molar-refractivity contribution >= 4 is 0 Å². The summed E-state index contributed by atoms with van der Waals surface area (Å²) >= 11 is 0. The minimum atomic E-state index is -0.472. The van der Waals surface area contributed by atoms with Crippen LogP contribution in [0, 0.1) is 5.92 Å². The number of rotatable bonds is 2. The van der Waals surface area contributed by atoms with Crippen molar-refractivity contribution in [1.29, 1.82) is 0 Å². The first-order valence-corrected chi connectivity index (χ1v) is 2.63. The Bertz CT molecular complexity index is 74.2. The first-order chi connectivity index (χ1) is 3.34. The summed E-state index contributed by atoms with van der Waals surface area (Å²) < 4.78 is 0. The summed E-state index contributed by atoms with van der Waals surface area (Å²) in [7, 11) is 0. The third kappa shape index (κ3) is 1.03. The molecule has 1 saturated carbocycles. The zero-order chi connectivity index (χ0) is 5.28. The normalized spacial score (nSPS) is 24.1. The van der Waals surface area contributed by atoms with Gasteiger partial charge in [-0.2, -0.15) is 0 Å². The summed E-state index contributed by atoms with van der Waals surface area (Å²) in [6, 6.07) is 0. The first kappa shape index (κ1) is 4.85. The van der Waals surface area contributed by atoms with Gasteiger partial charge in [-0.15, -0.1) is 6.58 Å². The van der Waals surface area contributed by atoms with Crippen LogP contribution in [0.25, 0.3) is 0 Å². The predicted molar refractivity (Wildman–Crippen MR) is 27.4 cm³/mol. The highest BCUT2D eigenvalue weighted by Gasteiger charge is 2.28. The van der Waals surface area contributed by atoms with Crippen LogP contribution >= 0.6 is 0 Å². The Balaban J connectivity index is 2.22. The topological polar surface area (TPSA) is 19.9 Å². The molecular weight excluding hydrogens is 88.1 g/mol. The van der Waals surface area contributed by atoms with Crippen LogP contribution in [0.3, 0.4) is 0 Å². The van der Waals surface area contributed by atoms with Gasteiger partial charge in [0.05, 0.1) is 0 Å². The Kier molecular flexibility index (Phi) is 1.15. The lowest BCUT2D eigenvalue weighted by Crippen LogP contribution is -1.99. The van der Waals surface area contributed by atoms with Gasteiger partial charge in [-0.25, -0.2) is 5.11 Å². The monoisotopic (exact) mass is 97.1 g/mol. The van der Waals surface area contributed by atoms with Crippen molar-refractivity contribution in [3.63, 3.8) is 0 Å². The minimum absolute atomic E-state index is 0.442. The van der Waals surface area contributed by atoms with E-state index in [1.807, 2.05) is 0 Å². The van der Waals surface area contributed by atoms with E-state index in [0.29, 0.717) is 5.92 Å². The molecule has 1 radical (unpaired) electrons. The number of hydrogen-bond donors (Lipinski definition) is 0. The highest BCUT2D eigenvalue weighted by Crippen LogP contribution is 2.32. The molecule has 0 amide bonds.